The van der Waals surface area contributed by atoms with Gasteiger partial charge in [-0.15, -0.1) is 0 Å². The van der Waals surface area contributed by atoms with Crippen molar-refractivity contribution in [1.29, 1.82) is 0 Å². The van der Waals surface area contributed by atoms with E-state index in [-0.39, 0.29) is 10.6 Å². The second-order valence-electron chi connectivity index (χ2n) is 5.44. The molecular weight excluding hydrogens is 268 g/mol. The number of hydrogen-bond donors (Lipinski definition) is 0. The van der Waals surface area contributed by atoms with Gasteiger partial charge in [-0.25, -0.2) is 4.68 Å². The van der Waals surface area contributed by atoms with Crippen molar-refractivity contribution in [3.63, 3.8) is 0 Å². The number of benzene rings is 1. The molecule has 6 nitrogen and oxygen atoms in total. The molecule has 0 amide bonds. The highest BCUT2D eigenvalue weighted by atomic mass is 16.6. The Morgan fingerprint density at radius 1 is 1.24 bits per heavy atom. The van der Waals surface area contributed by atoms with Gasteiger partial charge in [0.15, 0.2) is 0 Å². The smallest absolute Gasteiger partial charge is 0.292 e. The lowest BCUT2D eigenvalue weighted by Gasteiger charge is -2.28. The standard InChI is InChI=1S/C15H18N4O2/c1-12-10-16-18(11-12)13-5-6-14(19(20)21)15(9-13)17-7-3-2-4-8-17/h5-6,9-11H,2-4,7-8H2,1H3. The lowest BCUT2D eigenvalue weighted by molar-refractivity contribution is -0.384. The molecule has 1 aliphatic rings. The van der Waals surface area contributed by atoms with Gasteiger partial charge >= 0.3 is 0 Å². The third-order valence-corrected chi connectivity index (χ3v) is 3.83. The zero-order valence-electron chi connectivity index (χ0n) is 12.0. The minimum Gasteiger partial charge on any atom is -0.366 e. The van der Waals surface area contributed by atoms with E-state index in [1.807, 2.05) is 19.2 Å². The van der Waals surface area contributed by atoms with E-state index in [4.69, 9.17) is 0 Å². The second kappa shape index (κ2) is 5.55. The Bertz CT molecular complexity index is 659. The highest BCUT2D eigenvalue weighted by molar-refractivity contribution is 5.67. The van der Waals surface area contributed by atoms with Crippen molar-refractivity contribution in [3.8, 4) is 5.69 Å². The Morgan fingerprint density at radius 2 is 2.00 bits per heavy atom. The van der Waals surface area contributed by atoms with Gasteiger partial charge in [-0.2, -0.15) is 5.10 Å². The van der Waals surface area contributed by atoms with Crippen LogP contribution < -0.4 is 4.90 Å². The Hall–Kier alpha value is -2.37. The normalized spacial score (nSPS) is 15.2. The van der Waals surface area contributed by atoms with Gasteiger partial charge in [-0.05, 0) is 43.9 Å². The first-order valence-electron chi connectivity index (χ1n) is 7.20. The minimum absolute atomic E-state index is 0.171. The molecule has 2 heterocycles. The molecule has 1 aromatic heterocycles. The summed E-state index contributed by atoms with van der Waals surface area (Å²) in [5.74, 6) is 0. The van der Waals surface area contributed by atoms with E-state index < -0.39 is 0 Å². The first-order valence-corrected chi connectivity index (χ1v) is 7.20. The molecule has 0 atom stereocenters. The Morgan fingerprint density at radius 3 is 2.62 bits per heavy atom. The van der Waals surface area contributed by atoms with E-state index in [2.05, 4.69) is 10.00 Å². The number of nitro benzene ring substituents is 1. The maximum Gasteiger partial charge on any atom is 0.292 e. The van der Waals surface area contributed by atoms with E-state index in [0.29, 0.717) is 5.69 Å². The SMILES string of the molecule is Cc1cnn(-c2ccc([N+](=O)[O-])c(N3CCCCC3)c2)c1. The Kier molecular flexibility index (Phi) is 3.60. The maximum atomic E-state index is 11.3. The molecule has 21 heavy (non-hydrogen) atoms. The average Bonchev–Trinajstić information content (AvgIpc) is 2.94. The molecule has 1 saturated heterocycles. The Labute approximate surface area is 123 Å². The third kappa shape index (κ3) is 2.74. The van der Waals surface area contributed by atoms with Crippen LogP contribution in [0.5, 0.6) is 0 Å². The van der Waals surface area contributed by atoms with Gasteiger partial charge < -0.3 is 4.90 Å². The predicted molar refractivity (Wildman–Crippen MR) is 81.0 cm³/mol. The monoisotopic (exact) mass is 286 g/mol. The van der Waals surface area contributed by atoms with Gasteiger partial charge in [-0.1, -0.05) is 0 Å². The number of piperidine rings is 1. The molecule has 0 spiro atoms. The fourth-order valence-electron chi connectivity index (χ4n) is 2.75. The zero-order chi connectivity index (χ0) is 14.8. The first-order chi connectivity index (χ1) is 10.1. The van der Waals surface area contributed by atoms with Crippen molar-refractivity contribution in [1.82, 2.24) is 9.78 Å². The van der Waals surface area contributed by atoms with E-state index in [9.17, 15) is 10.1 Å². The van der Waals surface area contributed by atoms with Crippen LogP contribution in [0.1, 0.15) is 24.8 Å². The van der Waals surface area contributed by atoms with Crippen molar-refractivity contribution >= 4 is 11.4 Å². The van der Waals surface area contributed by atoms with Crippen LogP contribution >= 0.6 is 0 Å². The minimum atomic E-state index is -0.304. The van der Waals surface area contributed by atoms with Crippen LogP contribution in [0.4, 0.5) is 11.4 Å². The zero-order valence-corrected chi connectivity index (χ0v) is 12.0. The van der Waals surface area contributed by atoms with Crippen molar-refractivity contribution in [2.75, 3.05) is 18.0 Å². The molecule has 3 rings (SSSR count). The molecule has 0 aliphatic carbocycles. The summed E-state index contributed by atoms with van der Waals surface area (Å²) in [7, 11) is 0. The number of aromatic nitrogens is 2. The molecule has 2 aromatic rings. The molecule has 0 bridgehead atoms. The number of rotatable bonds is 3. The van der Waals surface area contributed by atoms with Crippen molar-refractivity contribution in [3.05, 3.63) is 46.3 Å². The van der Waals surface area contributed by atoms with Crippen LogP contribution in [0.2, 0.25) is 0 Å². The van der Waals surface area contributed by atoms with Gasteiger partial charge in [0.2, 0.25) is 0 Å². The molecular formula is C15H18N4O2. The molecule has 0 saturated carbocycles. The van der Waals surface area contributed by atoms with Crippen LogP contribution in [-0.2, 0) is 0 Å². The van der Waals surface area contributed by atoms with E-state index in [0.717, 1.165) is 37.2 Å². The van der Waals surface area contributed by atoms with Gasteiger partial charge in [0.1, 0.15) is 5.69 Å². The molecule has 1 fully saturated rings. The van der Waals surface area contributed by atoms with Gasteiger partial charge in [0.25, 0.3) is 5.69 Å². The number of aryl methyl sites for hydroxylation is 1. The Balaban J connectivity index is 2.03. The molecule has 1 aliphatic heterocycles. The fourth-order valence-corrected chi connectivity index (χ4v) is 2.75. The van der Waals surface area contributed by atoms with E-state index in [1.54, 1.807) is 23.0 Å². The summed E-state index contributed by atoms with van der Waals surface area (Å²) >= 11 is 0. The predicted octanol–water partition coefficient (Wildman–Crippen LogP) is 3.08. The highest BCUT2D eigenvalue weighted by Crippen LogP contribution is 2.32. The molecule has 0 unspecified atom stereocenters. The van der Waals surface area contributed by atoms with Crippen molar-refractivity contribution in [2.24, 2.45) is 0 Å². The van der Waals surface area contributed by atoms with Crippen molar-refractivity contribution < 1.29 is 4.92 Å². The fraction of sp³-hybridized carbons (Fsp3) is 0.400. The van der Waals surface area contributed by atoms with Crippen LogP contribution in [0.25, 0.3) is 5.69 Å². The summed E-state index contributed by atoms with van der Waals surface area (Å²) < 4.78 is 1.76. The first kappa shape index (κ1) is 13.6. The number of nitrogens with zero attached hydrogens (tertiary/aromatic N) is 4. The molecule has 0 N–H and O–H groups in total. The van der Waals surface area contributed by atoms with E-state index in [1.165, 1.54) is 6.42 Å². The quantitative estimate of drug-likeness (QED) is 0.642. The van der Waals surface area contributed by atoms with Gasteiger partial charge in [0.05, 0.1) is 16.8 Å². The molecule has 1 aromatic carbocycles. The summed E-state index contributed by atoms with van der Waals surface area (Å²) in [5, 5.41) is 15.5. The van der Waals surface area contributed by atoms with Gasteiger partial charge in [0, 0.05) is 25.4 Å². The number of hydrogen-bond acceptors (Lipinski definition) is 4. The maximum absolute atomic E-state index is 11.3. The number of anilines is 1. The van der Waals surface area contributed by atoms with Crippen LogP contribution in [0.15, 0.2) is 30.6 Å². The molecule has 110 valence electrons. The van der Waals surface area contributed by atoms with Crippen LogP contribution in [0.3, 0.4) is 0 Å². The van der Waals surface area contributed by atoms with E-state index >= 15 is 0 Å². The molecule has 0 radical (unpaired) electrons. The summed E-state index contributed by atoms with van der Waals surface area (Å²) in [6.45, 7) is 3.73. The number of nitro groups is 1. The third-order valence-electron chi connectivity index (χ3n) is 3.83. The van der Waals surface area contributed by atoms with Crippen LogP contribution in [0, 0.1) is 17.0 Å². The summed E-state index contributed by atoms with van der Waals surface area (Å²) in [4.78, 5) is 13.1. The van der Waals surface area contributed by atoms with Gasteiger partial charge in [-0.3, -0.25) is 10.1 Å². The van der Waals surface area contributed by atoms with Crippen LogP contribution in [-0.4, -0.2) is 27.8 Å². The average molecular weight is 286 g/mol. The lowest BCUT2D eigenvalue weighted by atomic mass is 10.1. The summed E-state index contributed by atoms with van der Waals surface area (Å²) in [6.07, 6.45) is 7.07. The largest absolute Gasteiger partial charge is 0.366 e. The second-order valence-corrected chi connectivity index (χ2v) is 5.44. The lowest BCUT2D eigenvalue weighted by Crippen LogP contribution is -2.30. The van der Waals surface area contributed by atoms with Crippen molar-refractivity contribution in [2.45, 2.75) is 26.2 Å². The highest BCUT2D eigenvalue weighted by Gasteiger charge is 2.22. The topological polar surface area (TPSA) is 64.2 Å². The molecule has 6 heteroatoms. The summed E-state index contributed by atoms with van der Waals surface area (Å²) in [6, 6.07) is 5.20. The summed E-state index contributed by atoms with van der Waals surface area (Å²) in [5.41, 5.74) is 2.79.